The lowest BCUT2D eigenvalue weighted by atomic mass is 9.85. The quantitative estimate of drug-likeness (QED) is 0.900. The second-order valence-electron chi connectivity index (χ2n) is 5.85. The lowest BCUT2D eigenvalue weighted by molar-refractivity contribution is 0.276. The fraction of sp³-hybridized carbons (Fsp3) is 0.562. The predicted molar refractivity (Wildman–Crippen MR) is 81.1 cm³/mol. The van der Waals surface area contributed by atoms with Gasteiger partial charge in [0.2, 0.25) is 0 Å². The molecule has 1 aliphatic rings. The van der Waals surface area contributed by atoms with E-state index in [9.17, 15) is 0 Å². The number of nitrogens with zero attached hydrogens (tertiary/aromatic N) is 1. The van der Waals surface area contributed by atoms with Crippen molar-refractivity contribution < 1.29 is 4.74 Å². The van der Waals surface area contributed by atoms with Crippen LogP contribution in [0.2, 0.25) is 0 Å². The molecule has 20 heavy (non-hydrogen) atoms. The highest BCUT2D eigenvalue weighted by Crippen LogP contribution is 2.24. The second-order valence-corrected chi connectivity index (χ2v) is 5.85. The fourth-order valence-electron chi connectivity index (χ4n) is 3.10. The number of hydrogen-bond donors (Lipinski definition) is 2. The van der Waals surface area contributed by atoms with Crippen molar-refractivity contribution in [2.75, 3.05) is 20.2 Å². The molecule has 2 heterocycles. The first-order valence-electron chi connectivity index (χ1n) is 7.49. The SMILES string of the molecule is COc1ccc2nc(CC(C)C3CCCNC3)[nH]c2c1. The summed E-state index contributed by atoms with van der Waals surface area (Å²) in [5, 5.41) is 3.50. The van der Waals surface area contributed by atoms with Crippen molar-refractivity contribution in [2.45, 2.75) is 26.2 Å². The zero-order valence-electron chi connectivity index (χ0n) is 12.3. The first-order valence-corrected chi connectivity index (χ1v) is 7.49. The van der Waals surface area contributed by atoms with Gasteiger partial charge in [0.15, 0.2) is 0 Å². The van der Waals surface area contributed by atoms with Crippen LogP contribution in [-0.2, 0) is 6.42 Å². The minimum atomic E-state index is 0.658. The van der Waals surface area contributed by atoms with Crippen LogP contribution in [0.5, 0.6) is 5.75 Å². The number of H-pyrrole nitrogens is 1. The monoisotopic (exact) mass is 273 g/mol. The number of hydrogen-bond acceptors (Lipinski definition) is 3. The van der Waals surface area contributed by atoms with E-state index in [4.69, 9.17) is 9.72 Å². The van der Waals surface area contributed by atoms with E-state index in [0.29, 0.717) is 5.92 Å². The number of piperidine rings is 1. The summed E-state index contributed by atoms with van der Waals surface area (Å²) >= 11 is 0. The van der Waals surface area contributed by atoms with E-state index in [-0.39, 0.29) is 0 Å². The van der Waals surface area contributed by atoms with E-state index < -0.39 is 0 Å². The minimum Gasteiger partial charge on any atom is -0.497 e. The summed E-state index contributed by atoms with van der Waals surface area (Å²) in [5.74, 6) is 3.39. The predicted octanol–water partition coefficient (Wildman–Crippen LogP) is 2.75. The van der Waals surface area contributed by atoms with Crippen LogP contribution >= 0.6 is 0 Å². The molecular formula is C16H23N3O. The Bertz CT molecular complexity index is 572. The Morgan fingerprint density at radius 3 is 3.10 bits per heavy atom. The molecule has 0 radical (unpaired) electrons. The molecule has 2 aromatic rings. The maximum absolute atomic E-state index is 5.25. The number of rotatable bonds is 4. The number of fused-ring (bicyclic) bond motifs is 1. The third-order valence-electron chi connectivity index (χ3n) is 4.39. The number of ether oxygens (including phenoxy) is 1. The standard InChI is InChI=1S/C16H23N3O/c1-11(12-4-3-7-17-10-12)8-16-18-14-6-5-13(20-2)9-15(14)19-16/h5-6,9,11-12,17H,3-4,7-8,10H2,1-2H3,(H,18,19). The normalized spacial score (nSPS) is 21.0. The third kappa shape index (κ3) is 2.80. The van der Waals surface area contributed by atoms with Gasteiger partial charge in [-0.05, 0) is 49.9 Å². The largest absolute Gasteiger partial charge is 0.497 e. The summed E-state index contributed by atoms with van der Waals surface area (Å²) in [5.41, 5.74) is 2.09. The van der Waals surface area contributed by atoms with Crippen molar-refractivity contribution in [3.8, 4) is 5.75 Å². The smallest absolute Gasteiger partial charge is 0.121 e. The Morgan fingerprint density at radius 2 is 2.35 bits per heavy atom. The average Bonchev–Trinajstić information content (AvgIpc) is 2.89. The molecule has 1 aromatic carbocycles. The van der Waals surface area contributed by atoms with Crippen LogP contribution in [0.25, 0.3) is 11.0 Å². The summed E-state index contributed by atoms with van der Waals surface area (Å²) in [6, 6.07) is 5.99. The molecule has 2 unspecified atom stereocenters. The van der Waals surface area contributed by atoms with Crippen molar-refractivity contribution in [3.63, 3.8) is 0 Å². The van der Waals surface area contributed by atoms with Gasteiger partial charge in [-0.2, -0.15) is 0 Å². The van der Waals surface area contributed by atoms with Crippen LogP contribution in [0.15, 0.2) is 18.2 Å². The van der Waals surface area contributed by atoms with E-state index in [0.717, 1.165) is 41.5 Å². The molecular weight excluding hydrogens is 250 g/mol. The van der Waals surface area contributed by atoms with Crippen LogP contribution in [0.1, 0.15) is 25.6 Å². The molecule has 0 spiro atoms. The lowest BCUT2D eigenvalue weighted by Gasteiger charge is -2.27. The second kappa shape index (κ2) is 5.83. The van der Waals surface area contributed by atoms with Crippen molar-refractivity contribution in [3.05, 3.63) is 24.0 Å². The number of benzene rings is 1. The molecule has 0 aliphatic carbocycles. The van der Waals surface area contributed by atoms with Crippen molar-refractivity contribution in [2.24, 2.45) is 11.8 Å². The number of nitrogens with one attached hydrogen (secondary N) is 2. The van der Waals surface area contributed by atoms with Crippen LogP contribution < -0.4 is 10.1 Å². The maximum atomic E-state index is 5.25. The van der Waals surface area contributed by atoms with Crippen LogP contribution in [0, 0.1) is 11.8 Å². The van der Waals surface area contributed by atoms with Gasteiger partial charge in [0.05, 0.1) is 18.1 Å². The fourth-order valence-corrected chi connectivity index (χ4v) is 3.10. The van der Waals surface area contributed by atoms with Crippen LogP contribution in [-0.4, -0.2) is 30.2 Å². The van der Waals surface area contributed by atoms with Crippen molar-refractivity contribution in [1.29, 1.82) is 0 Å². The molecule has 0 bridgehead atoms. The van der Waals surface area contributed by atoms with E-state index in [2.05, 4.69) is 17.2 Å². The Labute approximate surface area is 119 Å². The first kappa shape index (κ1) is 13.4. The summed E-state index contributed by atoms with van der Waals surface area (Å²) < 4.78 is 5.25. The van der Waals surface area contributed by atoms with Gasteiger partial charge in [0.1, 0.15) is 11.6 Å². The Morgan fingerprint density at radius 1 is 1.45 bits per heavy atom. The Balaban J connectivity index is 1.73. The summed E-state index contributed by atoms with van der Waals surface area (Å²) in [7, 11) is 1.69. The van der Waals surface area contributed by atoms with Gasteiger partial charge >= 0.3 is 0 Å². The molecule has 1 fully saturated rings. The molecule has 2 N–H and O–H groups in total. The Hall–Kier alpha value is -1.55. The van der Waals surface area contributed by atoms with Crippen molar-refractivity contribution in [1.82, 2.24) is 15.3 Å². The molecule has 3 rings (SSSR count). The molecule has 1 saturated heterocycles. The maximum Gasteiger partial charge on any atom is 0.121 e. The van der Waals surface area contributed by atoms with E-state index in [1.165, 1.54) is 19.4 Å². The average molecular weight is 273 g/mol. The highest BCUT2D eigenvalue weighted by molar-refractivity contribution is 5.76. The Kier molecular flexibility index (Phi) is 3.92. The first-order chi connectivity index (χ1) is 9.76. The molecule has 2 atom stereocenters. The molecule has 4 nitrogen and oxygen atoms in total. The number of imidazole rings is 1. The van der Waals surface area contributed by atoms with Gasteiger partial charge in [0, 0.05) is 12.5 Å². The van der Waals surface area contributed by atoms with Crippen LogP contribution in [0.3, 0.4) is 0 Å². The van der Waals surface area contributed by atoms with E-state index in [1.807, 2.05) is 18.2 Å². The lowest BCUT2D eigenvalue weighted by Crippen LogP contribution is -2.34. The third-order valence-corrected chi connectivity index (χ3v) is 4.39. The zero-order valence-corrected chi connectivity index (χ0v) is 12.3. The highest BCUT2D eigenvalue weighted by Gasteiger charge is 2.21. The van der Waals surface area contributed by atoms with Gasteiger partial charge in [-0.25, -0.2) is 4.98 Å². The molecule has 0 saturated carbocycles. The summed E-state index contributed by atoms with van der Waals surface area (Å²) in [6.45, 7) is 4.66. The molecule has 4 heteroatoms. The minimum absolute atomic E-state index is 0.658. The van der Waals surface area contributed by atoms with Gasteiger partial charge in [-0.1, -0.05) is 6.92 Å². The molecule has 1 aromatic heterocycles. The molecule has 0 amide bonds. The number of methoxy groups -OCH3 is 1. The summed E-state index contributed by atoms with van der Waals surface area (Å²) in [6.07, 6.45) is 3.65. The number of aromatic amines is 1. The van der Waals surface area contributed by atoms with E-state index >= 15 is 0 Å². The highest BCUT2D eigenvalue weighted by atomic mass is 16.5. The topological polar surface area (TPSA) is 49.9 Å². The summed E-state index contributed by atoms with van der Waals surface area (Å²) in [4.78, 5) is 8.12. The van der Waals surface area contributed by atoms with Gasteiger partial charge < -0.3 is 15.0 Å². The van der Waals surface area contributed by atoms with Gasteiger partial charge in [-0.15, -0.1) is 0 Å². The van der Waals surface area contributed by atoms with E-state index in [1.54, 1.807) is 7.11 Å². The molecule has 108 valence electrons. The van der Waals surface area contributed by atoms with Crippen molar-refractivity contribution >= 4 is 11.0 Å². The zero-order chi connectivity index (χ0) is 13.9. The molecule has 1 aliphatic heterocycles. The van der Waals surface area contributed by atoms with Gasteiger partial charge in [0.25, 0.3) is 0 Å². The number of aromatic nitrogens is 2. The van der Waals surface area contributed by atoms with Crippen LogP contribution in [0.4, 0.5) is 0 Å². The van der Waals surface area contributed by atoms with Gasteiger partial charge in [-0.3, -0.25) is 0 Å².